The first-order valence-corrected chi connectivity index (χ1v) is 9.46. The summed E-state index contributed by atoms with van der Waals surface area (Å²) in [5, 5.41) is 3.83. The van der Waals surface area contributed by atoms with Crippen LogP contribution in [0.3, 0.4) is 0 Å². The number of nitrogens with zero attached hydrogens (tertiary/aromatic N) is 1. The fraction of sp³-hybridized carbons (Fsp3) is 0.174. The predicted octanol–water partition coefficient (Wildman–Crippen LogP) is 4.61. The second-order valence-electron chi connectivity index (χ2n) is 6.99. The molecule has 0 aliphatic carbocycles. The average Bonchev–Trinajstić information content (AvgIpc) is 3.04. The highest BCUT2D eigenvalue weighted by molar-refractivity contribution is 6.06. The number of carbonyl (C=O) groups excluding carboxylic acids is 1. The Morgan fingerprint density at radius 3 is 2.55 bits per heavy atom. The summed E-state index contributed by atoms with van der Waals surface area (Å²) in [7, 11) is 0. The van der Waals surface area contributed by atoms with E-state index in [9.17, 15) is 9.59 Å². The molecule has 2 heterocycles. The van der Waals surface area contributed by atoms with Gasteiger partial charge in [-0.05, 0) is 50.1 Å². The van der Waals surface area contributed by atoms with Gasteiger partial charge in [0.05, 0.1) is 5.69 Å². The number of furan rings is 1. The SMILES string of the molecule is CCc1ccc2oc(C(=O)Nc3ccc(-c4cc(=O)[nH]c(C)n4)cc3)c(C)c2c1. The number of hydrogen-bond acceptors (Lipinski definition) is 4. The molecule has 2 aromatic carbocycles. The van der Waals surface area contributed by atoms with Crippen molar-refractivity contribution in [3.8, 4) is 11.3 Å². The molecule has 1 amide bonds. The van der Waals surface area contributed by atoms with Crippen LogP contribution in [0.2, 0.25) is 0 Å². The fourth-order valence-corrected chi connectivity index (χ4v) is 3.34. The topological polar surface area (TPSA) is 88.0 Å². The van der Waals surface area contributed by atoms with E-state index in [1.807, 2.05) is 31.2 Å². The lowest BCUT2D eigenvalue weighted by atomic mass is 10.1. The highest BCUT2D eigenvalue weighted by atomic mass is 16.3. The molecule has 0 unspecified atom stereocenters. The van der Waals surface area contributed by atoms with E-state index in [0.29, 0.717) is 28.5 Å². The molecule has 4 aromatic rings. The first-order chi connectivity index (χ1) is 13.9. The highest BCUT2D eigenvalue weighted by Gasteiger charge is 2.18. The Kier molecular flexibility index (Phi) is 4.76. The van der Waals surface area contributed by atoms with E-state index in [2.05, 4.69) is 28.3 Å². The maximum absolute atomic E-state index is 12.7. The standard InChI is InChI=1S/C23H21N3O3/c1-4-15-5-10-20-18(11-15)13(2)22(29-20)23(28)26-17-8-6-16(7-9-17)19-12-21(27)25-14(3)24-19/h5-12H,4H2,1-3H3,(H,26,28)(H,24,25,27). The van der Waals surface area contributed by atoms with Gasteiger partial charge in [0.1, 0.15) is 11.4 Å². The third-order valence-corrected chi connectivity index (χ3v) is 4.91. The number of rotatable bonds is 4. The second kappa shape index (κ2) is 7.39. The Morgan fingerprint density at radius 1 is 1.10 bits per heavy atom. The Labute approximate surface area is 167 Å². The molecule has 0 bridgehead atoms. The minimum absolute atomic E-state index is 0.198. The molecule has 0 radical (unpaired) electrons. The van der Waals surface area contributed by atoms with Crippen LogP contribution in [0.15, 0.2) is 57.7 Å². The van der Waals surface area contributed by atoms with Crippen molar-refractivity contribution in [2.45, 2.75) is 27.2 Å². The maximum Gasteiger partial charge on any atom is 0.291 e. The molecule has 0 saturated heterocycles. The number of carbonyl (C=O) groups is 1. The number of H-pyrrole nitrogens is 1. The summed E-state index contributed by atoms with van der Waals surface area (Å²) in [6.07, 6.45) is 0.927. The zero-order valence-electron chi connectivity index (χ0n) is 16.5. The summed E-state index contributed by atoms with van der Waals surface area (Å²) in [4.78, 5) is 31.3. The van der Waals surface area contributed by atoms with Gasteiger partial charge in [-0.15, -0.1) is 0 Å². The number of hydrogen-bond donors (Lipinski definition) is 2. The van der Waals surface area contributed by atoms with Crippen LogP contribution in [0.5, 0.6) is 0 Å². The fourth-order valence-electron chi connectivity index (χ4n) is 3.34. The largest absolute Gasteiger partial charge is 0.451 e. The van der Waals surface area contributed by atoms with E-state index in [-0.39, 0.29) is 11.5 Å². The van der Waals surface area contributed by atoms with Gasteiger partial charge in [-0.25, -0.2) is 4.98 Å². The molecule has 0 fully saturated rings. The lowest BCUT2D eigenvalue weighted by Gasteiger charge is -2.06. The van der Waals surface area contributed by atoms with Crippen LogP contribution in [0.1, 0.15) is 34.4 Å². The Bertz CT molecular complexity index is 1270. The van der Waals surface area contributed by atoms with E-state index in [1.54, 1.807) is 19.1 Å². The van der Waals surface area contributed by atoms with Crippen molar-refractivity contribution in [2.75, 3.05) is 5.32 Å². The van der Waals surface area contributed by atoms with Crippen LogP contribution >= 0.6 is 0 Å². The van der Waals surface area contributed by atoms with Crippen molar-refractivity contribution in [1.82, 2.24) is 9.97 Å². The van der Waals surface area contributed by atoms with Gasteiger partial charge in [-0.1, -0.05) is 25.1 Å². The summed E-state index contributed by atoms with van der Waals surface area (Å²) >= 11 is 0. The number of nitrogens with one attached hydrogen (secondary N) is 2. The molecule has 6 heteroatoms. The smallest absolute Gasteiger partial charge is 0.291 e. The third kappa shape index (κ3) is 3.69. The molecular formula is C23H21N3O3. The summed E-state index contributed by atoms with van der Waals surface area (Å²) < 4.78 is 5.79. The van der Waals surface area contributed by atoms with Gasteiger partial charge in [-0.2, -0.15) is 0 Å². The van der Waals surface area contributed by atoms with Crippen molar-refractivity contribution >= 4 is 22.6 Å². The van der Waals surface area contributed by atoms with Crippen molar-refractivity contribution in [3.05, 3.63) is 81.6 Å². The molecule has 4 rings (SSSR count). The van der Waals surface area contributed by atoms with Gasteiger partial charge in [0, 0.05) is 28.3 Å². The van der Waals surface area contributed by atoms with Crippen molar-refractivity contribution in [1.29, 1.82) is 0 Å². The van der Waals surface area contributed by atoms with Crippen molar-refractivity contribution in [2.24, 2.45) is 0 Å². The number of benzene rings is 2. The molecule has 146 valence electrons. The molecule has 0 atom stereocenters. The van der Waals surface area contributed by atoms with Gasteiger partial charge < -0.3 is 14.7 Å². The van der Waals surface area contributed by atoms with Crippen LogP contribution in [0, 0.1) is 13.8 Å². The van der Waals surface area contributed by atoms with Crippen LogP contribution in [-0.2, 0) is 6.42 Å². The quantitative estimate of drug-likeness (QED) is 0.535. The molecule has 0 aliphatic rings. The number of aromatic amines is 1. The highest BCUT2D eigenvalue weighted by Crippen LogP contribution is 2.27. The first-order valence-electron chi connectivity index (χ1n) is 9.46. The predicted molar refractivity (Wildman–Crippen MR) is 113 cm³/mol. The van der Waals surface area contributed by atoms with E-state index in [0.717, 1.165) is 22.9 Å². The van der Waals surface area contributed by atoms with Crippen molar-refractivity contribution in [3.63, 3.8) is 0 Å². The van der Waals surface area contributed by atoms with Crippen LogP contribution in [-0.4, -0.2) is 15.9 Å². The summed E-state index contributed by atoms with van der Waals surface area (Å²) in [5.74, 6) is 0.565. The Balaban J connectivity index is 1.58. The van der Waals surface area contributed by atoms with E-state index in [4.69, 9.17) is 4.42 Å². The molecule has 2 N–H and O–H groups in total. The van der Waals surface area contributed by atoms with Gasteiger partial charge in [0.15, 0.2) is 5.76 Å². The lowest BCUT2D eigenvalue weighted by Crippen LogP contribution is -2.12. The lowest BCUT2D eigenvalue weighted by molar-refractivity contribution is 0.0998. The number of amides is 1. The van der Waals surface area contributed by atoms with Gasteiger partial charge in [0.2, 0.25) is 0 Å². The molecule has 29 heavy (non-hydrogen) atoms. The molecule has 0 aliphatic heterocycles. The number of anilines is 1. The van der Waals surface area contributed by atoms with E-state index >= 15 is 0 Å². The summed E-state index contributed by atoms with van der Waals surface area (Å²) in [5.41, 5.74) is 4.55. The van der Waals surface area contributed by atoms with Gasteiger partial charge >= 0.3 is 0 Å². The summed E-state index contributed by atoms with van der Waals surface area (Å²) in [6.45, 7) is 5.72. The minimum atomic E-state index is -0.297. The monoisotopic (exact) mass is 387 g/mol. The number of aromatic nitrogens is 2. The number of aryl methyl sites for hydroxylation is 3. The molecule has 0 spiro atoms. The Hall–Kier alpha value is -3.67. The Morgan fingerprint density at radius 2 is 1.86 bits per heavy atom. The van der Waals surface area contributed by atoms with Crippen molar-refractivity contribution < 1.29 is 9.21 Å². The molecule has 2 aromatic heterocycles. The summed E-state index contributed by atoms with van der Waals surface area (Å²) in [6, 6.07) is 14.6. The van der Waals surface area contributed by atoms with Crippen LogP contribution in [0.4, 0.5) is 5.69 Å². The number of fused-ring (bicyclic) bond motifs is 1. The third-order valence-electron chi connectivity index (χ3n) is 4.91. The zero-order chi connectivity index (χ0) is 20.5. The normalized spacial score (nSPS) is 11.0. The van der Waals surface area contributed by atoms with Crippen LogP contribution in [0.25, 0.3) is 22.2 Å². The average molecular weight is 387 g/mol. The first kappa shape index (κ1) is 18.7. The second-order valence-corrected chi connectivity index (χ2v) is 6.99. The van der Waals surface area contributed by atoms with E-state index < -0.39 is 0 Å². The van der Waals surface area contributed by atoms with E-state index in [1.165, 1.54) is 11.6 Å². The van der Waals surface area contributed by atoms with Gasteiger partial charge in [-0.3, -0.25) is 9.59 Å². The van der Waals surface area contributed by atoms with Gasteiger partial charge in [0.25, 0.3) is 11.5 Å². The molecular weight excluding hydrogens is 366 g/mol. The molecule has 6 nitrogen and oxygen atoms in total. The zero-order valence-corrected chi connectivity index (χ0v) is 16.5. The van der Waals surface area contributed by atoms with Crippen LogP contribution < -0.4 is 10.9 Å². The maximum atomic E-state index is 12.7. The molecule has 0 saturated carbocycles. The minimum Gasteiger partial charge on any atom is -0.451 e.